The van der Waals surface area contributed by atoms with E-state index in [4.69, 9.17) is 14.2 Å². The van der Waals surface area contributed by atoms with Gasteiger partial charge in [-0.2, -0.15) is 0 Å². The highest BCUT2D eigenvalue weighted by Crippen LogP contribution is 2.40. The van der Waals surface area contributed by atoms with Crippen molar-refractivity contribution in [1.82, 2.24) is 10.9 Å². The summed E-state index contributed by atoms with van der Waals surface area (Å²) in [5.74, 6) is 2.03. The molecule has 9 nitrogen and oxygen atoms in total. The molecule has 3 N–H and O–H groups in total. The quantitative estimate of drug-likeness (QED) is 0.500. The second kappa shape index (κ2) is 9.52. The van der Waals surface area contributed by atoms with Gasteiger partial charge in [0.05, 0.1) is 31.5 Å². The van der Waals surface area contributed by atoms with Crippen molar-refractivity contribution >= 4 is 23.2 Å². The molecule has 2 atom stereocenters. The second-order valence-electron chi connectivity index (χ2n) is 8.88. The SMILES string of the molecule is COc1ccc(OC)c(C2CC(C(=O)Nc3ccc4c(c3)C(=O)N(C)c3cc(C)ccc3O4)NN2)c1. The number of anilines is 2. The molecule has 5 rings (SSSR count). The molecule has 36 heavy (non-hydrogen) atoms. The monoisotopic (exact) mass is 488 g/mol. The summed E-state index contributed by atoms with van der Waals surface area (Å²) < 4.78 is 16.9. The molecule has 0 aromatic heterocycles. The molecular formula is C27H28N4O5. The smallest absolute Gasteiger partial charge is 0.261 e. The number of benzene rings is 3. The van der Waals surface area contributed by atoms with Gasteiger partial charge in [0.15, 0.2) is 5.75 Å². The average molecular weight is 489 g/mol. The van der Waals surface area contributed by atoms with Crippen LogP contribution in [0.5, 0.6) is 23.0 Å². The number of carbonyl (C=O) groups excluding carboxylic acids is 2. The van der Waals surface area contributed by atoms with Gasteiger partial charge in [0, 0.05) is 18.3 Å². The number of amides is 2. The van der Waals surface area contributed by atoms with Crippen LogP contribution in [-0.2, 0) is 4.79 Å². The lowest BCUT2D eigenvalue weighted by Gasteiger charge is -2.17. The van der Waals surface area contributed by atoms with Crippen molar-refractivity contribution in [3.8, 4) is 23.0 Å². The van der Waals surface area contributed by atoms with Gasteiger partial charge < -0.3 is 24.4 Å². The van der Waals surface area contributed by atoms with E-state index in [0.29, 0.717) is 46.4 Å². The van der Waals surface area contributed by atoms with E-state index >= 15 is 0 Å². The maximum absolute atomic E-state index is 13.2. The molecule has 3 aromatic rings. The molecule has 0 saturated carbocycles. The number of nitrogens with one attached hydrogen (secondary N) is 3. The van der Waals surface area contributed by atoms with E-state index in [2.05, 4.69) is 16.2 Å². The lowest BCUT2D eigenvalue weighted by Crippen LogP contribution is -2.39. The van der Waals surface area contributed by atoms with Gasteiger partial charge in [-0.3, -0.25) is 9.59 Å². The van der Waals surface area contributed by atoms with Crippen LogP contribution in [0, 0.1) is 6.92 Å². The van der Waals surface area contributed by atoms with E-state index in [0.717, 1.165) is 11.1 Å². The molecule has 2 unspecified atom stereocenters. The van der Waals surface area contributed by atoms with E-state index in [-0.39, 0.29) is 17.9 Å². The third-order valence-corrected chi connectivity index (χ3v) is 6.51. The van der Waals surface area contributed by atoms with Crippen LogP contribution in [0.4, 0.5) is 11.4 Å². The number of carbonyl (C=O) groups is 2. The van der Waals surface area contributed by atoms with Crippen LogP contribution in [0.15, 0.2) is 54.6 Å². The maximum Gasteiger partial charge on any atom is 0.261 e. The van der Waals surface area contributed by atoms with Gasteiger partial charge in [-0.1, -0.05) is 6.07 Å². The predicted octanol–water partition coefficient (Wildman–Crippen LogP) is 3.94. The summed E-state index contributed by atoms with van der Waals surface area (Å²) >= 11 is 0. The Labute approximate surface area is 209 Å². The molecule has 3 aromatic carbocycles. The van der Waals surface area contributed by atoms with Crippen LogP contribution >= 0.6 is 0 Å². The zero-order chi connectivity index (χ0) is 25.4. The van der Waals surface area contributed by atoms with E-state index in [1.807, 2.05) is 43.3 Å². The van der Waals surface area contributed by atoms with Crippen molar-refractivity contribution in [3.63, 3.8) is 0 Å². The minimum absolute atomic E-state index is 0.150. The zero-order valence-corrected chi connectivity index (χ0v) is 20.5. The number of aryl methyl sites for hydroxylation is 1. The van der Waals surface area contributed by atoms with Crippen molar-refractivity contribution in [2.24, 2.45) is 0 Å². The Morgan fingerprint density at radius 1 is 1.03 bits per heavy atom. The Morgan fingerprint density at radius 2 is 1.83 bits per heavy atom. The largest absolute Gasteiger partial charge is 0.497 e. The van der Waals surface area contributed by atoms with Gasteiger partial charge >= 0.3 is 0 Å². The third-order valence-electron chi connectivity index (χ3n) is 6.51. The van der Waals surface area contributed by atoms with Gasteiger partial charge in [-0.05, 0) is 67.4 Å². The number of hydrogen-bond acceptors (Lipinski definition) is 7. The molecular weight excluding hydrogens is 460 g/mol. The first-order valence-electron chi connectivity index (χ1n) is 11.6. The molecule has 1 fully saturated rings. The fraction of sp³-hybridized carbons (Fsp3) is 0.259. The number of fused-ring (bicyclic) bond motifs is 2. The molecule has 2 heterocycles. The first-order chi connectivity index (χ1) is 17.4. The van der Waals surface area contributed by atoms with Crippen LogP contribution in [0.1, 0.15) is 33.9 Å². The van der Waals surface area contributed by atoms with Crippen LogP contribution in [0.25, 0.3) is 0 Å². The van der Waals surface area contributed by atoms with Gasteiger partial charge in [-0.15, -0.1) is 0 Å². The maximum atomic E-state index is 13.2. The summed E-state index contributed by atoms with van der Waals surface area (Å²) in [6, 6.07) is 15.7. The van der Waals surface area contributed by atoms with Crippen molar-refractivity contribution in [1.29, 1.82) is 0 Å². The Hall–Kier alpha value is -4.08. The molecule has 0 bridgehead atoms. The number of rotatable bonds is 5. The Morgan fingerprint density at radius 3 is 2.61 bits per heavy atom. The van der Waals surface area contributed by atoms with E-state index in [9.17, 15) is 9.59 Å². The van der Waals surface area contributed by atoms with E-state index < -0.39 is 6.04 Å². The van der Waals surface area contributed by atoms with Crippen molar-refractivity contribution in [2.45, 2.75) is 25.4 Å². The first kappa shape index (κ1) is 23.7. The summed E-state index contributed by atoms with van der Waals surface area (Å²) in [6.45, 7) is 1.96. The normalized spacial score (nSPS) is 18.6. The molecule has 2 aliphatic rings. The number of nitrogens with zero attached hydrogens (tertiary/aromatic N) is 1. The van der Waals surface area contributed by atoms with Gasteiger partial charge in [0.2, 0.25) is 5.91 Å². The highest BCUT2D eigenvalue weighted by atomic mass is 16.5. The number of hydrogen-bond donors (Lipinski definition) is 3. The van der Waals surface area contributed by atoms with Gasteiger partial charge in [-0.25, -0.2) is 10.9 Å². The fourth-order valence-corrected chi connectivity index (χ4v) is 4.52. The van der Waals surface area contributed by atoms with E-state index in [1.165, 1.54) is 0 Å². The minimum Gasteiger partial charge on any atom is -0.497 e. The molecule has 9 heteroatoms. The standard InChI is InChI=1S/C27H28N4O5/c1-15-5-8-25-22(11-15)31(2)27(33)19-12-16(6-9-24(19)36-25)28-26(32)21-14-20(29-30-21)18-13-17(34-3)7-10-23(18)35-4/h5-13,20-21,29-30H,14H2,1-4H3,(H,28,32). The molecule has 1 saturated heterocycles. The summed E-state index contributed by atoms with van der Waals surface area (Å²) in [5, 5.41) is 2.92. The van der Waals surface area contributed by atoms with E-state index in [1.54, 1.807) is 44.4 Å². The summed E-state index contributed by atoms with van der Waals surface area (Å²) in [5.41, 5.74) is 9.74. The Balaban J connectivity index is 1.32. The summed E-state index contributed by atoms with van der Waals surface area (Å²) in [7, 11) is 4.93. The van der Waals surface area contributed by atoms with Crippen molar-refractivity contribution in [2.75, 3.05) is 31.5 Å². The molecule has 2 amide bonds. The first-order valence-corrected chi connectivity index (χ1v) is 11.6. The van der Waals surface area contributed by atoms with Crippen molar-refractivity contribution in [3.05, 3.63) is 71.3 Å². The van der Waals surface area contributed by atoms with Crippen LogP contribution in [-0.4, -0.2) is 39.1 Å². The topological polar surface area (TPSA) is 101 Å². The number of ether oxygens (including phenoxy) is 3. The Kier molecular flexibility index (Phi) is 6.26. The number of methoxy groups -OCH3 is 2. The van der Waals surface area contributed by atoms with Crippen LogP contribution in [0.2, 0.25) is 0 Å². The minimum atomic E-state index is -0.494. The summed E-state index contributed by atoms with van der Waals surface area (Å²) in [4.78, 5) is 27.8. The molecule has 0 aliphatic carbocycles. The number of hydrazine groups is 1. The average Bonchev–Trinajstić information content (AvgIpc) is 3.36. The van der Waals surface area contributed by atoms with Gasteiger partial charge in [0.25, 0.3) is 5.91 Å². The molecule has 0 radical (unpaired) electrons. The zero-order valence-electron chi connectivity index (χ0n) is 20.5. The molecule has 2 aliphatic heterocycles. The highest BCUT2D eigenvalue weighted by molar-refractivity contribution is 6.10. The van der Waals surface area contributed by atoms with Crippen molar-refractivity contribution < 1.29 is 23.8 Å². The fourth-order valence-electron chi connectivity index (χ4n) is 4.52. The van der Waals surface area contributed by atoms with Gasteiger partial charge in [0.1, 0.15) is 23.3 Å². The lowest BCUT2D eigenvalue weighted by molar-refractivity contribution is -0.117. The lowest BCUT2D eigenvalue weighted by atomic mass is 10.00. The third kappa shape index (κ3) is 4.34. The van der Waals surface area contributed by atoms with Crippen LogP contribution < -0.4 is 35.3 Å². The second-order valence-corrected chi connectivity index (χ2v) is 8.88. The molecule has 186 valence electrons. The summed E-state index contributed by atoms with van der Waals surface area (Å²) in [6.07, 6.45) is 0.500. The van der Waals surface area contributed by atoms with Crippen LogP contribution in [0.3, 0.4) is 0 Å². The highest BCUT2D eigenvalue weighted by Gasteiger charge is 2.32. The molecule has 0 spiro atoms. The predicted molar refractivity (Wildman–Crippen MR) is 136 cm³/mol. The Bertz CT molecular complexity index is 1340.